The maximum Gasteiger partial charge on any atom is 0.236 e. The van der Waals surface area contributed by atoms with Crippen molar-refractivity contribution in [2.45, 2.75) is 38.6 Å². The number of amides is 1. The lowest BCUT2D eigenvalue weighted by Gasteiger charge is -2.40. The Balaban J connectivity index is 1.20. The van der Waals surface area contributed by atoms with Crippen LogP contribution in [0.1, 0.15) is 43.0 Å². The van der Waals surface area contributed by atoms with Crippen LogP contribution in [0.2, 0.25) is 0 Å². The second kappa shape index (κ2) is 9.22. The predicted molar refractivity (Wildman–Crippen MR) is 113 cm³/mol. The van der Waals surface area contributed by atoms with Crippen molar-refractivity contribution in [2.24, 2.45) is 0 Å². The number of hydrogen-bond donors (Lipinski definition) is 0. The molecule has 2 aliphatic heterocycles. The molecule has 0 unspecified atom stereocenters. The summed E-state index contributed by atoms with van der Waals surface area (Å²) in [6.07, 6.45) is 7.06. The predicted octanol–water partition coefficient (Wildman–Crippen LogP) is 1.49. The lowest BCUT2D eigenvalue weighted by Crippen LogP contribution is -2.55. The molecule has 0 aromatic carbocycles. The molecule has 1 aromatic heterocycles. The highest BCUT2D eigenvalue weighted by molar-refractivity contribution is 5.93. The highest BCUT2D eigenvalue weighted by atomic mass is 16.2. The van der Waals surface area contributed by atoms with E-state index in [0.29, 0.717) is 12.1 Å². The second-order valence-corrected chi connectivity index (χ2v) is 8.58. The van der Waals surface area contributed by atoms with Gasteiger partial charge in [0.1, 0.15) is 5.82 Å². The summed E-state index contributed by atoms with van der Waals surface area (Å²) in [6, 6.07) is 4.52. The Morgan fingerprint density at radius 3 is 2.24 bits per heavy atom. The van der Waals surface area contributed by atoms with Crippen LogP contribution in [-0.4, -0.2) is 96.3 Å². The van der Waals surface area contributed by atoms with E-state index in [1.165, 1.54) is 25.7 Å². The Kier molecular flexibility index (Phi) is 6.45. The van der Waals surface area contributed by atoms with Crippen molar-refractivity contribution < 1.29 is 9.59 Å². The summed E-state index contributed by atoms with van der Waals surface area (Å²) >= 11 is 0. The van der Waals surface area contributed by atoms with E-state index in [4.69, 9.17) is 0 Å². The van der Waals surface area contributed by atoms with Gasteiger partial charge in [-0.25, -0.2) is 4.98 Å². The highest BCUT2D eigenvalue weighted by Gasteiger charge is 2.29. The topological polar surface area (TPSA) is 60.0 Å². The van der Waals surface area contributed by atoms with Gasteiger partial charge in [0.15, 0.2) is 5.78 Å². The molecule has 0 bridgehead atoms. The molecule has 3 heterocycles. The number of pyridine rings is 1. The first-order valence-electron chi connectivity index (χ1n) is 11.1. The van der Waals surface area contributed by atoms with Gasteiger partial charge in [0.05, 0.1) is 6.54 Å². The fraction of sp³-hybridized carbons (Fsp3) is 0.682. The van der Waals surface area contributed by atoms with Crippen LogP contribution < -0.4 is 4.90 Å². The smallest absolute Gasteiger partial charge is 0.236 e. The van der Waals surface area contributed by atoms with Crippen LogP contribution in [0.15, 0.2) is 18.3 Å². The standard InChI is InChI=1S/C22H33N5O2/c1-18(28)19-6-7-21(23-16-19)26-10-8-24(9-11-26)17-22(29)27-14-12-25(13-15-27)20-4-2-3-5-20/h6-7,16,20H,2-5,8-15,17H2,1H3. The molecule has 1 saturated carbocycles. The average Bonchev–Trinajstić information content (AvgIpc) is 3.29. The molecule has 4 rings (SSSR count). The Morgan fingerprint density at radius 2 is 1.66 bits per heavy atom. The summed E-state index contributed by atoms with van der Waals surface area (Å²) in [5.74, 6) is 1.22. The van der Waals surface area contributed by atoms with Crippen molar-refractivity contribution in [2.75, 3.05) is 63.8 Å². The molecule has 3 aliphatic rings. The Morgan fingerprint density at radius 1 is 0.966 bits per heavy atom. The van der Waals surface area contributed by atoms with Crippen LogP contribution in [-0.2, 0) is 4.79 Å². The molecule has 1 aliphatic carbocycles. The van der Waals surface area contributed by atoms with Crippen LogP contribution in [0, 0.1) is 0 Å². The van der Waals surface area contributed by atoms with E-state index in [9.17, 15) is 9.59 Å². The molecule has 0 atom stereocenters. The number of nitrogens with zero attached hydrogens (tertiary/aromatic N) is 5. The van der Waals surface area contributed by atoms with Crippen LogP contribution >= 0.6 is 0 Å². The SMILES string of the molecule is CC(=O)c1ccc(N2CCN(CC(=O)N3CCN(C4CCCC4)CC3)CC2)nc1. The third-order valence-electron chi connectivity index (χ3n) is 6.72. The van der Waals surface area contributed by atoms with Crippen molar-refractivity contribution >= 4 is 17.5 Å². The van der Waals surface area contributed by atoms with Gasteiger partial charge in [-0.1, -0.05) is 12.8 Å². The van der Waals surface area contributed by atoms with Gasteiger partial charge in [-0.2, -0.15) is 0 Å². The van der Waals surface area contributed by atoms with E-state index >= 15 is 0 Å². The minimum Gasteiger partial charge on any atom is -0.354 e. The van der Waals surface area contributed by atoms with Crippen molar-refractivity contribution in [3.63, 3.8) is 0 Å². The van der Waals surface area contributed by atoms with Gasteiger partial charge in [-0.15, -0.1) is 0 Å². The van der Waals surface area contributed by atoms with Crippen molar-refractivity contribution in [3.05, 3.63) is 23.9 Å². The van der Waals surface area contributed by atoms with Crippen molar-refractivity contribution in [3.8, 4) is 0 Å². The summed E-state index contributed by atoms with van der Waals surface area (Å²) in [6.45, 7) is 9.34. The maximum atomic E-state index is 12.8. The molecule has 0 spiro atoms. The number of aromatic nitrogens is 1. The van der Waals surface area contributed by atoms with E-state index in [1.807, 2.05) is 12.1 Å². The van der Waals surface area contributed by atoms with Gasteiger partial charge >= 0.3 is 0 Å². The Labute approximate surface area is 173 Å². The van der Waals surface area contributed by atoms with Crippen LogP contribution in [0.4, 0.5) is 5.82 Å². The number of rotatable bonds is 5. The number of carbonyl (C=O) groups excluding carboxylic acids is 2. The Bertz CT molecular complexity index is 700. The summed E-state index contributed by atoms with van der Waals surface area (Å²) in [4.78, 5) is 37.7. The monoisotopic (exact) mass is 399 g/mol. The molecule has 7 heteroatoms. The summed E-state index contributed by atoms with van der Waals surface area (Å²) in [5, 5.41) is 0. The number of hydrogen-bond acceptors (Lipinski definition) is 6. The molecule has 7 nitrogen and oxygen atoms in total. The van der Waals surface area contributed by atoms with E-state index in [0.717, 1.165) is 64.2 Å². The molecule has 158 valence electrons. The van der Waals surface area contributed by atoms with Crippen LogP contribution in [0.5, 0.6) is 0 Å². The maximum absolute atomic E-state index is 12.8. The van der Waals surface area contributed by atoms with Crippen molar-refractivity contribution in [1.82, 2.24) is 19.7 Å². The normalized spacial score (nSPS) is 22.2. The summed E-state index contributed by atoms with van der Waals surface area (Å²) in [5.41, 5.74) is 0.644. The molecular formula is C22H33N5O2. The molecular weight excluding hydrogens is 366 g/mol. The first-order chi connectivity index (χ1) is 14.1. The minimum absolute atomic E-state index is 0.0384. The molecule has 0 N–H and O–H groups in total. The zero-order valence-electron chi connectivity index (χ0n) is 17.6. The minimum atomic E-state index is 0.0384. The number of Topliss-reactive ketones (excluding diaryl/α,β-unsaturated/α-hetero) is 1. The number of carbonyl (C=O) groups is 2. The van der Waals surface area contributed by atoms with Crippen molar-refractivity contribution in [1.29, 1.82) is 0 Å². The van der Waals surface area contributed by atoms with E-state index in [2.05, 4.69) is 24.6 Å². The number of piperazine rings is 2. The van der Waals surface area contributed by atoms with E-state index in [1.54, 1.807) is 13.1 Å². The van der Waals surface area contributed by atoms with Gasteiger partial charge in [0.25, 0.3) is 0 Å². The summed E-state index contributed by atoms with van der Waals surface area (Å²) < 4.78 is 0. The molecule has 0 radical (unpaired) electrons. The number of ketones is 1. The average molecular weight is 400 g/mol. The van der Waals surface area contributed by atoms with Gasteiger partial charge in [-0.05, 0) is 31.9 Å². The third kappa shape index (κ3) is 4.95. The third-order valence-corrected chi connectivity index (χ3v) is 6.72. The van der Waals surface area contributed by atoms with Crippen LogP contribution in [0.3, 0.4) is 0 Å². The zero-order chi connectivity index (χ0) is 20.2. The fourth-order valence-corrected chi connectivity index (χ4v) is 4.81. The molecule has 3 fully saturated rings. The quantitative estimate of drug-likeness (QED) is 0.700. The van der Waals surface area contributed by atoms with Gasteiger partial charge in [-0.3, -0.25) is 19.4 Å². The number of anilines is 1. The lowest BCUT2D eigenvalue weighted by molar-refractivity contribution is -0.134. The molecule has 1 amide bonds. The van der Waals surface area contributed by atoms with Gasteiger partial charge in [0, 0.05) is 70.2 Å². The van der Waals surface area contributed by atoms with Gasteiger partial charge in [0.2, 0.25) is 5.91 Å². The van der Waals surface area contributed by atoms with E-state index in [-0.39, 0.29) is 11.7 Å². The second-order valence-electron chi connectivity index (χ2n) is 8.58. The largest absolute Gasteiger partial charge is 0.354 e. The fourth-order valence-electron chi connectivity index (χ4n) is 4.81. The molecule has 29 heavy (non-hydrogen) atoms. The van der Waals surface area contributed by atoms with Crippen LogP contribution in [0.25, 0.3) is 0 Å². The zero-order valence-corrected chi connectivity index (χ0v) is 17.6. The molecule has 1 aromatic rings. The molecule has 2 saturated heterocycles. The first kappa shape index (κ1) is 20.3. The van der Waals surface area contributed by atoms with E-state index < -0.39 is 0 Å². The summed E-state index contributed by atoms with van der Waals surface area (Å²) in [7, 11) is 0. The van der Waals surface area contributed by atoms with Gasteiger partial charge < -0.3 is 9.80 Å². The first-order valence-corrected chi connectivity index (χ1v) is 11.1. The lowest BCUT2D eigenvalue weighted by atomic mass is 10.2. The Hall–Kier alpha value is -1.99. The highest BCUT2D eigenvalue weighted by Crippen LogP contribution is 2.24.